The largest absolute Gasteiger partial charge is 0.341 e. The summed E-state index contributed by atoms with van der Waals surface area (Å²) in [4.78, 5) is 41.6. The van der Waals surface area contributed by atoms with Crippen molar-refractivity contribution in [1.29, 1.82) is 0 Å². The number of piperidine rings is 1. The van der Waals surface area contributed by atoms with Crippen molar-refractivity contribution in [3.63, 3.8) is 0 Å². The van der Waals surface area contributed by atoms with E-state index in [1.165, 1.54) is 20.5 Å². The second kappa shape index (κ2) is 7.87. The van der Waals surface area contributed by atoms with E-state index in [2.05, 4.69) is 13.8 Å². The highest BCUT2D eigenvalue weighted by Crippen LogP contribution is 2.22. The molecule has 0 saturated carbocycles. The lowest BCUT2D eigenvalue weighted by Gasteiger charge is -2.35. The molecule has 3 aromatic rings. The van der Waals surface area contributed by atoms with Gasteiger partial charge in [-0.2, -0.15) is 0 Å². The SMILES string of the molecule is Cc1cccc(-n2c(=O)c3sccc3n(CC(=O)N3C[C@H](C)C[C@@H](C)C3)c2=O)c1C. The zero-order valence-corrected chi connectivity index (χ0v) is 18.7. The van der Waals surface area contributed by atoms with E-state index >= 15 is 0 Å². The van der Waals surface area contributed by atoms with Crippen molar-refractivity contribution in [2.24, 2.45) is 11.8 Å². The Bertz CT molecular complexity index is 1230. The number of rotatable bonds is 3. The normalized spacial score (nSPS) is 19.4. The van der Waals surface area contributed by atoms with Crippen LogP contribution in [0.25, 0.3) is 15.9 Å². The van der Waals surface area contributed by atoms with E-state index in [1.54, 1.807) is 17.5 Å². The first kappa shape index (κ1) is 20.6. The minimum absolute atomic E-state index is 0.0589. The smallest absolute Gasteiger partial charge is 0.336 e. The molecule has 0 aliphatic carbocycles. The van der Waals surface area contributed by atoms with E-state index in [4.69, 9.17) is 0 Å². The Morgan fingerprint density at radius 3 is 2.50 bits per heavy atom. The van der Waals surface area contributed by atoms with E-state index in [0.29, 0.717) is 40.8 Å². The van der Waals surface area contributed by atoms with Crippen molar-refractivity contribution in [1.82, 2.24) is 14.0 Å². The molecule has 1 aliphatic heterocycles. The van der Waals surface area contributed by atoms with Crippen LogP contribution in [-0.4, -0.2) is 33.0 Å². The molecule has 1 saturated heterocycles. The van der Waals surface area contributed by atoms with Gasteiger partial charge in [-0.05, 0) is 60.7 Å². The Morgan fingerprint density at radius 1 is 1.10 bits per heavy atom. The topological polar surface area (TPSA) is 64.3 Å². The van der Waals surface area contributed by atoms with Crippen molar-refractivity contribution in [2.75, 3.05) is 13.1 Å². The summed E-state index contributed by atoms with van der Waals surface area (Å²) in [5, 5.41) is 1.80. The molecule has 2 aromatic heterocycles. The quantitative estimate of drug-likeness (QED) is 0.647. The molecule has 0 unspecified atom stereocenters. The van der Waals surface area contributed by atoms with Crippen LogP contribution in [0.1, 0.15) is 31.4 Å². The predicted octanol–water partition coefficient (Wildman–Crippen LogP) is 3.34. The Labute approximate surface area is 179 Å². The van der Waals surface area contributed by atoms with Crippen LogP contribution in [0.2, 0.25) is 0 Å². The summed E-state index contributed by atoms with van der Waals surface area (Å²) in [6.07, 6.45) is 1.11. The maximum Gasteiger partial charge on any atom is 0.336 e. The fraction of sp³-hybridized carbons (Fsp3) is 0.435. The molecule has 3 heterocycles. The number of carbonyl (C=O) groups excluding carboxylic acids is 1. The van der Waals surface area contributed by atoms with Crippen molar-refractivity contribution in [3.05, 3.63) is 61.6 Å². The van der Waals surface area contributed by atoms with Gasteiger partial charge in [0.2, 0.25) is 5.91 Å². The number of hydrogen-bond donors (Lipinski definition) is 0. The second-order valence-electron chi connectivity index (χ2n) is 8.61. The number of likely N-dealkylation sites (tertiary alicyclic amines) is 1. The lowest BCUT2D eigenvalue weighted by molar-refractivity contribution is -0.134. The second-order valence-corrected chi connectivity index (χ2v) is 9.52. The van der Waals surface area contributed by atoms with Crippen LogP contribution in [0.5, 0.6) is 0 Å². The van der Waals surface area contributed by atoms with Crippen LogP contribution in [0.4, 0.5) is 0 Å². The lowest BCUT2D eigenvalue weighted by atomic mass is 9.92. The standard InChI is InChI=1S/C23H27N3O3S/c1-14-10-15(2)12-24(11-14)20(27)13-25-19-8-9-30-21(19)22(28)26(23(25)29)18-7-5-6-16(3)17(18)4/h5-9,14-15H,10-13H2,1-4H3/t14-,15-/m1/s1. The molecule has 1 aliphatic rings. The molecule has 0 bridgehead atoms. The Morgan fingerprint density at radius 2 is 1.80 bits per heavy atom. The number of amides is 1. The molecule has 0 N–H and O–H groups in total. The summed E-state index contributed by atoms with van der Waals surface area (Å²) < 4.78 is 3.17. The van der Waals surface area contributed by atoms with Crippen LogP contribution < -0.4 is 11.2 Å². The maximum atomic E-state index is 13.5. The number of benzene rings is 1. The van der Waals surface area contributed by atoms with E-state index in [9.17, 15) is 14.4 Å². The average Bonchev–Trinajstić information content (AvgIpc) is 3.17. The van der Waals surface area contributed by atoms with Crippen molar-refractivity contribution in [2.45, 2.75) is 40.7 Å². The molecule has 1 aromatic carbocycles. The van der Waals surface area contributed by atoms with Gasteiger partial charge in [0.1, 0.15) is 11.2 Å². The van der Waals surface area contributed by atoms with Gasteiger partial charge < -0.3 is 4.90 Å². The number of carbonyl (C=O) groups is 1. The van der Waals surface area contributed by atoms with Crippen molar-refractivity contribution in [3.8, 4) is 5.69 Å². The molecular formula is C23H27N3O3S. The minimum Gasteiger partial charge on any atom is -0.341 e. The lowest BCUT2D eigenvalue weighted by Crippen LogP contribution is -2.46. The maximum absolute atomic E-state index is 13.5. The number of thiophene rings is 1. The van der Waals surface area contributed by atoms with Crippen molar-refractivity contribution >= 4 is 27.5 Å². The Hall–Kier alpha value is -2.67. The number of fused-ring (bicyclic) bond motifs is 1. The predicted molar refractivity (Wildman–Crippen MR) is 121 cm³/mol. The van der Waals surface area contributed by atoms with Gasteiger partial charge in [0.15, 0.2) is 0 Å². The third-order valence-corrected chi connectivity index (χ3v) is 6.98. The van der Waals surface area contributed by atoms with Gasteiger partial charge in [-0.15, -0.1) is 11.3 Å². The van der Waals surface area contributed by atoms with E-state index in [-0.39, 0.29) is 18.0 Å². The monoisotopic (exact) mass is 425 g/mol. The summed E-state index contributed by atoms with van der Waals surface area (Å²) in [7, 11) is 0. The highest BCUT2D eigenvalue weighted by molar-refractivity contribution is 7.17. The molecule has 6 nitrogen and oxygen atoms in total. The summed E-state index contributed by atoms with van der Waals surface area (Å²) in [5.41, 5.74) is 2.19. The van der Waals surface area contributed by atoms with Crippen LogP contribution in [0.15, 0.2) is 39.2 Å². The third kappa shape index (κ3) is 3.51. The summed E-state index contributed by atoms with van der Waals surface area (Å²) in [6, 6.07) is 7.33. The number of nitrogens with zero attached hydrogens (tertiary/aromatic N) is 3. The van der Waals surface area contributed by atoms with Gasteiger partial charge in [-0.25, -0.2) is 9.36 Å². The van der Waals surface area contributed by atoms with Crippen molar-refractivity contribution < 1.29 is 4.79 Å². The van der Waals surface area contributed by atoms with Gasteiger partial charge in [0.25, 0.3) is 5.56 Å². The fourth-order valence-electron chi connectivity index (χ4n) is 4.53. The number of aryl methyl sites for hydroxylation is 1. The molecule has 30 heavy (non-hydrogen) atoms. The number of aromatic nitrogens is 2. The molecule has 2 atom stereocenters. The average molecular weight is 426 g/mol. The zero-order chi connectivity index (χ0) is 21.6. The third-order valence-electron chi connectivity index (χ3n) is 6.09. The molecule has 0 radical (unpaired) electrons. The first-order valence-corrected chi connectivity index (χ1v) is 11.2. The molecule has 7 heteroatoms. The fourth-order valence-corrected chi connectivity index (χ4v) is 5.36. The van der Waals surface area contributed by atoms with Gasteiger partial charge in [0, 0.05) is 13.1 Å². The highest BCUT2D eigenvalue weighted by Gasteiger charge is 2.27. The van der Waals surface area contributed by atoms with Crippen LogP contribution in [0.3, 0.4) is 0 Å². The Balaban J connectivity index is 1.84. The zero-order valence-electron chi connectivity index (χ0n) is 17.8. The highest BCUT2D eigenvalue weighted by atomic mass is 32.1. The summed E-state index contributed by atoms with van der Waals surface area (Å²) in [6.45, 7) is 9.52. The minimum atomic E-state index is -0.467. The first-order valence-electron chi connectivity index (χ1n) is 10.3. The van der Waals surface area contributed by atoms with Crippen LogP contribution >= 0.6 is 11.3 Å². The molecule has 1 fully saturated rings. The van der Waals surface area contributed by atoms with Crippen LogP contribution in [-0.2, 0) is 11.3 Å². The van der Waals surface area contributed by atoms with Gasteiger partial charge in [-0.3, -0.25) is 14.2 Å². The van der Waals surface area contributed by atoms with Gasteiger partial charge in [-0.1, -0.05) is 26.0 Å². The van der Waals surface area contributed by atoms with E-state index in [1.807, 2.05) is 30.9 Å². The molecule has 158 valence electrons. The first-order chi connectivity index (χ1) is 14.3. The molecule has 0 spiro atoms. The summed E-state index contributed by atoms with van der Waals surface area (Å²) in [5.74, 6) is 0.813. The van der Waals surface area contributed by atoms with E-state index < -0.39 is 5.69 Å². The van der Waals surface area contributed by atoms with E-state index in [0.717, 1.165) is 17.5 Å². The van der Waals surface area contributed by atoms with Crippen LogP contribution in [0, 0.1) is 25.7 Å². The Kier molecular flexibility index (Phi) is 5.40. The molecule has 1 amide bonds. The van der Waals surface area contributed by atoms with Gasteiger partial charge >= 0.3 is 5.69 Å². The molecule has 4 rings (SSSR count). The summed E-state index contributed by atoms with van der Waals surface area (Å²) >= 11 is 1.30. The molecular weight excluding hydrogens is 398 g/mol. The van der Waals surface area contributed by atoms with Gasteiger partial charge in [0.05, 0.1) is 11.2 Å². The number of hydrogen-bond acceptors (Lipinski definition) is 4.